The second kappa shape index (κ2) is 6.84. The molecule has 1 aromatic rings. The van der Waals surface area contributed by atoms with E-state index in [0.29, 0.717) is 26.3 Å². The van der Waals surface area contributed by atoms with Crippen LogP contribution < -0.4 is 0 Å². The number of nitrogens with zero attached hydrogens (tertiary/aromatic N) is 2. The van der Waals surface area contributed by atoms with E-state index in [4.69, 9.17) is 4.74 Å². The smallest absolute Gasteiger partial charge is 0.246 e. The minimum absolute atomic E-state index is 0.0852. The third-order valence-corrected chi connectivity index (χ3v) is 6.54. The van der Waals surface area contributed by atoms with E-state index in [1.165, 1.54) is 16.4 Å². The van der Waals surface area contributed by atoms with Gasteiger partial charge in [0, 0.05) is 32.2 Å². The minimum atomic E-state index is -3.79. The van der Waals surface area contributed by atoms with Crippen molar-refractivity contribution in [1.82, 2.24) is 9.21 Å². The number of ether oxygens (including phenoxy) is 1. The molecule has 5 nitrogen and oxygen atoms in total. The van der Waals surface area contributed by atoms with Gasteiger partial charge in [-0.1, -0.05) is 6.07 Å². The van der Waals surface area contributed by atoms with Crippen LogP contribution in [0.2, 0.25) is 0 Å². The maximum atomic E-state index is 14.1. The van der Waals surface area contributed by atoms with Crippen molar-refractivity contribution in [2.45, 2.75) is 30.7 Å². The fourth-order valence-corrected chi connectivity index (χ4v) is 5.16. The highest BCUT2D eigenvalue weighted by molar-refractivity contribution is 7.89. The van der Waals surface area contributed by atoms with Crippen LogP contribution in [0, 0.1) is 12.7 Å². The molecule has 7 heteroatoms. The molecule has 2 aliphatic heterocycles. The van der Waals surface area contributed by atoms with Crippen molar-refractivity contribution in [2.75, 3.05) is 39.4 Å². The molecular weight excluding hydrogens is 319 g/mol. The second-order valence-corrected chi connectivity index (χ2v) is 8.12. The van der Waals surface area contributed by atoms with E-state index in [0.717, 1.165) is 31.5 Å². The first-order valence-electron chi connectivity index (χ1n) is 8.06. The fourth-order valence-electron chi connectivity index (χ4n) is 3.32. The summed E-state index contributed by atoms with van der Waals surface area (Å²) in [5, 5.41) is 0. The van der Waals surface area contributed by atoms with Crippen LogP contribution in [0.1, 0.15) is 18.4 Å². The van der Waals surface area contributed by atoms with E-state index in [2.05, 4.69) is 4.90 Å². The zero-order valence-corrected chi connectivity index (χ0v) is 14.2. The first-order chi connectivity index (χ1) is 11.0. The van der Waals surface area contributed by atoms with Crippen LogP contribution in [0.5, 0.6) is 0 Å². The van der Waals surface area contributed by atoms with Gasteiger partial charge in [0.1, 0.15) is 10.7 Å². The lowest BCUT2D eigenvalue weighted by Gasteiger charge is -2.32. The maximum Gasteiger partial charge on any atom is 0.246 e. The highest BCUT2D eigenvalue weighted by Gasteiger charge is 2.37. The first-order valence-corrected chi connectivity index (χ1v) is 9.50. The summed E-state index contributed by atoms with van der Waals surface area (Å²) in [4.78, 5) is 2.03. The zero-order chi connectivity index (χ0) is 16.4. The van der Waals surface area contributed by atoms with Gasteiger partial charge in [0.25, 0.3) is 0 Å². The number of sulfonamides is 1. The highest BCUT2D eigenvalue weighted by Crippen LogP contribution is 2.28. The van der Waals surface area contributed by atoms with Gasteiger partial charge in [-0.3, -0.25) is 4.90 Å². The van der Waals surface area contributed by atoms with Crippen molar-refractivity contribution in [2.24, 2.45) is 0 Å². The number of benzene rings is 1. The Labute approximate surface area is 137 Å². The van der Waals surface area contributed by atoms with E-state index in [1.807, 2.05) is 0 Å². The number of rotatable bonds is 4. The fraction of sp³-hybridized carbons (Fsp3) is 0.625. The summed E-state index contributed by atoms with van der Waals surface area (Å²) in [5.74, 6) is -0.673. The van der Waals surface area contributed by atoms with Gasteiger partial charge in [-0.2, -0.15) is 4.31 Å². The summed E-state index contributed by atoms with van der Waals surface area (Å²) in [5.41, 5.74) is 0.744. The van der Waals surface area contributed by atoms with Gasteiger partial charge in [-0.15, -0.1) is 0 Å². The molecular formula is C16H23FN2O3S. The molecule has 0 saturated carbocycles. The summed E-state index contributed by atoms with van der Waals surface area (Å²) in [6, 6.07) is 4.16. The van der Waals surface area contributed by atoms with E-state index in [-0.39, 0.29) is 10.9 Å². The SMILES string of the molecule is Cc1ccc(F)c(S(=O)(=O)N2CCC[C@H]2CN2CCOCC2)c1. The predicted molar refractivity (Wildman–Crippen MR) is 85.3 cm³/mol. The molecule has 0 amide bonds. The van der Waals surface area contributed by atoms with Gasteiger partial charge in [0.05, 0.1) is 13.2 Å². The number of hydrogen-bond donors (Lipinski definition) is 0. The lowest BCUT2D eigenvalue weighted by molar-refractivity contribution is 0.0312. The summed E-state index contributed by atoms with van der Waals surface area (Å²) in [6.07, 6.45) is 1.64. The molecule has 1 aromatic carbocycles. The van der Waals surface area contributed by atoms with Gasteiger partial charge < -0.3 is 4.74 Å². The Kier molecular flexibility index (Phi) is 5.01. The largest absolute Gasteiger partial charge is 0.379 e. The molecule has 128 valence electrons. The van der Waals surface area contributed by atoms with Crippen LogP contribution in [0.4, 0.5) is 4.39 Å². The molecule has 3 rings (SSSR count). The molecule has 0 unspecified atom stereocenters. The summed E-state index contributed by atoms with van der Waals surface area (Å²) in [7, 11) is -3.79. The topological polar surface area (TPSA) is 49.9 Å². The van der Waals surface area contributed by atoms with E-state index in [9.17, 15) is 12.8 Å². The van der Waals surface area contributed by atoms with Gasteiger partial charge in [-0.25, -0.2) is 12.8 Å². The van der Waals surface area contributed by atoms with E-state index in [1.54, 1.807) is 13.0 Å². The molecule has 2 fully saturated rings. The lowest BCUT2D eigenvalue weighted by Crippen LogP contribution is -2.46. The third kappa shape index (κ3) is 3.57. The van der Waals surface area contributed by atoms with Crippen molar-refractivity contribution < 1.29 is 17.5 Å². The number of aryl methyl sites for hydroxylation is 1. The molecule has 23 heavy (non-hydrogen) atoms. The van der Waals surface area contributed by atoms with Crippen molar-refractivity contribution in [1.29, 1.82) is 0 Å². The van der Waals surface area contributed by atoms with Gasteiger partial charge in [0.2, 0.25) is 10.0 Å². The Morgan fingerprint density at radius 1 is 1.26 bits per heavy atom. The van der Waals surface area contributed by atoms with Crippen molar-refractivity contribution in [3.63, 3.8) is 0 Å². The van der Waals surface area contributed by atoms with Gasteiger partial charge in [-0.05, 0) is 37.5 Å². The normalized spacial score (nSPS) is 24.2. The molecule has 0 aliphatic carbocycles. The quantitative estimate of drug-likeness (QED) is 0.834. The average Bonchev–Trinajstić information content (AvgIpc) is 2.99. The number of hydrogen-bond acceptors (Lipinski definition) is 4. The molecule has 0 N–H and O–H groups in total. The first kappa shape index (κ1) is 16.8. The van der Waals surface area contributed by atoms with Crippen LogP contribution in [0.25, 0.3) is 0 Å². The van der Waals surface area contributed by atoms with Gasteiger partial charge >= 0.3 is 0 Å². The van der Waals surface area contributed by atoms with Crippen LogP contribution in [-0.2, 0) is 14.8 Å². The summed E-state index contributed by atoms with van der Waals surface area (Å²) in [6.45, 7) is 5.94. The van der Waals surface area contributed by atoms with Crippen molar-refractivity contribution >= 4 is 10.0 Å². The van der Waals surface area contributed by atoms with E-state index < -0.39 is 15.8 Å². The highest BCUT2D eigenvalue weighted by atomic mass is 32.2. The van der Waals surface area contributed by atoms with E-state index >= 15 is 0 Å². The molecule has 0 spiro atoms. The molecule has 0 aromatic heterocycles. The third-order valence-electron chi connectivity index (χ3n) is 4.57. The van der Waals surface area contributed by atoms with Crippen LogP contribution in [0.15, 0.2) is 23.1 Å². The molecule has 2 saturated heterocycles. The maximum absolute atomic E-state index is 14.1. The van der Waals surface area contributed by atoms with Crippen LogP contribution >= 0.6 is 0 Å². The van der Waals surface area contributed by atoms with Crippen molar-refractivity contribution in [3.8, 4) is 0 Å². The molecule has 2 aliphatic rings. The Hall–Kier alpha value is -1.02. The van der Waals surface area contributed by atoms with Crippen LogP contribution in [0.3, 0.4) is 0 Å². The standard InChI is InChI=1S/C16H23FN2O3S/c1-13-4-5-15(17)16(11-13)23(20,21)19-6-2-3-14(19)12-18-7-9-22-10-8-18/h4-5,11,14H,2-3,6-10,12H2,1H3/t14-/m0/s1. The summed E-state index contributed by atoms with van der Waals surface area (Å²) >= 11 is 0. The van der Waals surface area contributed by atoms with Crippen LogP contribution in [-0.4, -0.2) is 63.1 Å². The molecule has 2 heterocycles. The minimum Gasteiger partial charge on any atom is -0.379 e. The average molecular weight is 342 g/mol. The van der Waals surface area contributed by atoms with Gasteiger partial charge in [0.15, 0.2) is 0 Å². The Balaban J connectivity index is 1.81. The monoisotopic (exact) mass is 342 g/mol. The number of morpholine rings is 1. The molecule has 0 bridgehead atoms. The molecule has 0 radical (unpaired) electrons. The number of halogens is 1. The summed E-state index contributed by atoms with van der Waals surface area (Å²) < 4.78 is 46.7. The Bertz CT molecular complexity index is 659. The lowest BCUT2D eigenvalue weighted by atomic mass is 10.2. The zero-order valence-electron chi connectivity index (χ0n) is 13.4. The Morgan fingerprint density at radius 2 is 2.00 bits per heavy atom. The van der Waals surface area contributed by atoms with Crippen molar-refractivity contribution in [3.05, 3.63) is 29.6 Å². The Morgan fingerprint density at radius 3 is 2.74 bits per heavy atom. The predicted octanol–water partition coefficient (Wildman–Crippen LogP) is 1.62. The molecule has 1 atom stereocenters. The second-order valence-electron chi connectivity index (χ2n) is 6.26.